The van der Waals surface area contributed by atoms with Crippen LogP contribution in [0.3, 0.4) is 0 Å². The zero-order chi connectivity index (χ0) is 22.6. The zero-order valence-corrected chi connectivity index (χ0v) is 18.4. The van der Waals surface area contributed by atoms with Crippen molar-refractivity contribution in [1.82, 2.24) is 9.47 Å². The Morgan fingerprint density at radius 3 is 2.52 bits per heavy atom. The van der Waals surface area contributed by atoms with Crippen molar-refractivity contribution in [2.75, 3.05) is 0 Å². The number of nitrogens with zero attached hydrogens (tertiary/aromatic N) is 2. The van der Waals surface area contributed by atoms with Crippen LogP contribution in [-0.2, 0) is 13.1 Å². The Labute approximate surface area is 182 Å². The van der Waals surface area contributed by atoms with Crippen molar-refractivity contribution in [3.63, 3.8) is 0 Å². The number of aromatic nitrogens is 1. The summed E-state index contributed by atoms with van der Waals surface area (Å²) in [6.45, 7) is 5.85. The number of rotatable bonds is 5. The predicted molar refractivity (Wildman–Crippen MR) is 118 cm³/mol. The van der Waals surface area contributed by atoms with Gasteiger partial charge in [-0.3, -0.25) is 14.3 Å². The molecule has 0 bridgehead atoms. The lowest BCUT2D eigenvalue weighted by atomic mass is 10.0. The molecular weight excluding hydrogens is 422 g/mol. The maximum atomic E-state index is 13.3. The minimum atomic E-state index is -2.66. The Kier molecular flexibility index (Phi) is 5.16. The van der Waals surface area contributed by atoms with Crippen LogP contribution in [0.15, 0.2) is 47.3 Å². The van der Waals surface area contributed by atoms with Crippen molar-refractivity contribution in [3.8, 4) is 11.1 Å². The van der Waals surface area contributed by atoms with Crippen LogP contribution in [0.25, 0.3) is 21.3 Å². The molecule has 1 fully saturated rings. The number of hydrogen-bond acceptors (Lipinski definition) is 3. The maximum Gasteiger partial charge on any atom is 0.408 e. The van der Waals surface area contributed by atoms with Gasteiger partial charge < -0.3 is 5.11 Å². The molecule has 0 saturated heterocycles. The Morgan fingerprint density at radius 1 is 1.23 bits per heavy atom. The highest BCUT2D eigenvalue weighted by Gasteiger charge is 2.56. The molecule has 4 rings (SSSR count). The van der Waals surface area contributed by atoms with E-state index < -0.39 is 23.5 Å². The molecule has 0 radical (unpaired) electrons. The Hall–Kier alpha value is -2.74. The second kappa shape index (κ2) is 7.44. The quantitative estimate of drug-likeness (QED) is 0.550. The first kappa shape index (κ1) is 21.5. The molecule has 1 aliphatic rings. The highest BCUT2D eigenvalue weighted by Crippen LogP contribution is 2.49. The van der Waals surface area contributed by atoms with Gasteiger partial charge in [0, 0.05) is 31.0 Å². The van der Waals surface area contributed by atoms with E-state index in [-0.39, 0.29) is 24.4 Å². The van der Waals surface area contributed by atoms with Crippen molar-refractivity contribution in [2.24, 2.45) is 5.92 Å². The fourth-order valence-electron chi connectivity index (χ4n) is 3.73. The molecule has 1 aliphatic carbocycles. The molecule has 1 unspecified atom stereocenters. The summed E-state index contributed by atoms with van der Waals surface area (Å²) < 4.78 is 28.8. The van der Waals surface area contributed by atoms with Crippen LogP contribution in [0.5, 0.6) is 0 Å². The van der Waals surface area contributed by atoms with Crippen molar-refractivity contribution in [1.29, 1.82) is 0 Å². The highest BCUT2D eigenvalue weighted by molar-refractivity contribution is 7.16. The van der Waals surface area contributed by atoms with Gasteiger partial charge in [0.15, 0.2) is 0 Å². The molecule has 0 spiro atoms. The summed E-state index contributed by atoms with van der Waals surface area (Å²) >= 11 is 1.06. The predicted octanol–water partition coefficient (Wildman–Crippen LogP) is 5.66. The zero-order valence-electron chi connectivity index (χ0n) is 17.6. The molecule has 1 heterocycles. The molecule has 5 nitrogen and oxygen atoms in total. The van der Waals surface area contributed by atoms with E-state index in [0.29, 0.717) is 5.52 Å². The van der Waals surface area contributed by atoms with Crippen LogP contribution >= 0.6 is 11.3 Å². The van der Waals surface area contributed by atoms with Crippen molar-refractivity contribution >= 4 is 27.6 Å². The van der Waals surface area contributed by atoms with Crippen LogP contribution in [0.2, 0.25) is 0 Å². The molecule has 0 aliphatic heterocycles. The number of thiazole rings is 1. The van der Waals surface area contributed by atoms with Gasteiger partial charge in [-0.2, -0.15) is 0 Å². The van der Waals surface area contributed by atoms with E-state index in [0.717, 1.165) is 32.7 Å². The molecule has 1 aromatic heterocycles. The van der Waals surface area contributed by atoms with Crippen LogP contribution in [0.1, 0.15) is 32.8 Å². The highest BCUT2D eigenvalue weighted by atomic mass is 32.1. The summed E-state index contributed by atoms with van der Waals surface area (Å²) in [5.74, 6) is -3.43. The standard InChI is InChI=1S/C23H24F2N2O3S/c1-22(2,3)27(20(28)29)12-14-5-4-6-15(9-14)16-7-8-18-19(10-16)31-21(30)26(18)13-17-11-23(17,24)25/h4-10,17H,11-13H2,1-3H3,(H,28,29). The molecule has 164 valence electrons. The van der Waals surface area contributed by atoms with E-state index in [9.17, 15) is 23.5 Å². The van der Waals surface area contributed by atoms with E-state index in [1.54, 1.807) is 6.07 Å². The lowest BCUT2D eigenvalue weighted by Crippen LogP contribution is -2.44. The molecule has 1 saturated carbocycles. The molecule has 2 aromatic carbocycles. The van der Waals surface area contributed by atoms with E-state index in [4.69, 9.17) is 0 Å². The van der Waals surface area contributed by atoms with Gasteiger partial charge in [0.2, 0.25) is 0 Å². The summed E-state index contributed by atoms with van der Waals surface area (Å²) in [6, 6.07) is 13.2. The number of benzene rings is 2. The van der Waals surface area contributed by atoms with Gasteiger partial charge in [0.05, 0.1) is 10.2 Å². The topological polar surface area (TPSA) is 62.5 Å². The summed E-state index contributed by atoms with van der Waals surface area (Å²) in [5, 5.41) is 9.55. The first-order chi connectivity index (χ1) is 14.5. The van der Waals surface area contributed by atoms with Gasteiger partial charge in [-0.1, -0.05) is 35.6 Å². The normalized spacial score (nSPS) is 17.6. The molecule has 1 atom stereocenters. The van der Waals surface area contributed by atoms with E-state index in [1.807, 2.05) is 57.2 Å². The monoisotopic (exact) mass is 446 g/mol. The maximum absolute atomic E-state index is 13.3. The SMILES string of the molecule is CC(C)(C)N(Cc1cccc(-c2ccc3c(c2)sc(=O)n3CC2CC2(F)F)c1)C(=O)O. The number of carboxylic acid groups (broad SMARTS) is 1. The van der Waals surface area contributed by atoms with Crippen LogP contribution in [0, 0.1) is 5.92 Å². The summed E-state index contributed by atoms with van der Waals surface area (Å²) in [7, 11) is 0. The first-order valence-corrected chi connectivity index (χ1v) is 10.9. The van der Waals surface area contributed by atoms with Crippen LogP contribution < -0.4 is 4.87 Å². The molecule has 1 N–H and O–H groups in total. The minimum absolute atomic E-state index is 0.0402. The number of hydrogen-bond donors (Lipinski definition) is 1. The summed E-state index contributed by atoms with van der Waals surface area (Å²) in [6.07, 6.45) is -1.14. The molecular formula is C23H24F2N2O3S. The van der Waals surface area contributed by atoms with Gasteiger partial charge >= 0.3 is 11.0 Å². The third-order valence-electron chi connectivity index (χ3n) is 5.67. The van der Waals surface area contributed by atoms with Crippen LogP contribution in [0.4, 0.5) is 13.6 Å². The Balaban J connectivity index is 1.63. The van der Waals surface area contributed by atoms with Gasteiger partial charge in [0.1, 0.15) is 0 Å². The average molecular weight is 447 g/mol. The van der Waals surface area contributed by atoms with Crippen LogP contribution in [-0.4, -0.2) is 32.1 Å². The number of fused-ring (bicyclic) bond motifs is 1. The second-order valence-corrected chi connectivity index (χ2v) is 10.1. The lowest BCUT2D eigenvalue weighted by molar-refractivity contribution is 0.0945. The van der Waals surface area contributed by atoms with Gasteiger partial charge in [-0.25, -0.2) is 13.6 Å². The van der Waals surface area contributed by atoms with Gasteiger partial charge in [-0.15, -0.1) is 0 Å². The summed E-state index contributed by atoms with van der Waals surface area (Å²) in [5.41, 5.74) is 2.78. The van der Waals surface area contributed by atoms with E-state index in [1.165, 1.54) is 9.47 Å². The van der Waals surface area contributed by atoms with Crippen molar-refractivity contribution in [2.45, 2.75) is 51.7 Å². The van der Waals surface area contributed by atoms with Crippen molar-refractivity contribution < 1.29 is 18.7 Å². The average Bonchev–Trinajstić information content (AvgIpc) is 3.16. The smallest absolute Gasteiger partial charge is 0.408 e. The first-order valence-electron chi connectivity index (χ1n) is 10.1. The fraction of sp³-hybridized carbons (Fsp3) is 0.391. The van der Waals surface area contributed by atoms with E-state index in [2.05, 4.69) is 0 Å². The molecule has 1 amide bonds. The lowest BCUT2D eigenvalue weighted by Gasteiger charge is -2.33. The van der Waals surface area contributed by atoms with Gasteiger partial charge in [0.25, 0.3) is 5.92 Å². The molecule has 31 heavy (non-hydrogen) atoms. The number of alkyl halides is 2. The molecule has 3 aromatic rings. The third kappa shape index (κ3) is 4.35. The van der Waals surface area contributed by atoms with Crippen molar-refractivity contribution in [3.05, 3.63) is 57.7 Å². The number of halogens is 2. The molecule has 8 heteroatoms. The Bertz CT molecular complexity index is 1210. The minimum Gasteiger partial charge on any atom is -0.465 e. The third-order valence-corrected chi connectivity index (χ3v) is 6.61. The fourth-order valence-corrected chi connectivity index (χ4v) is 4.67. The number of carbonyl (C=O) groups is 1. The van der Waals surface area contributed by atoms with E-state index >= 15 is 0 Å². The second-order valence-electron chi connectivity index (χ2n) is 9.06. The number of amides is 1. The summed E-state index contributed by atoms with van der Waals surface area (Å²) in [4.78, 5) is 25.2. The Morgan fingerprint density at radius 2 is 1.90 bits per heavy atom. The largest absolute Gasteiger partial charge is 0.465 e. The van der Waals surface area contributed by atoms with Gasteiger partial charge in [-0.05, 0) is 55.7 Å².